The first-order valence-electron chi connectivity index (χ1n) is 9.85. The summed E-state index contributed by atoms with van der Waals surface area (Å²) >= 11 is 0. The van der Waals surface area contributed by atoms with Gasteiger partial charge in [0.25, 0.3) is 5.91 Å². The quantitative estimate of drug-likeness (QED) is 0.732. The molecule has 154 valence electrons. The lowest BCUT2D eigenvalue weighted by molar-refractivity contribution is -0.119. The summed E-state index contributed by atoms with van der Waals surface area (Å²) in [5, 5.41) is 2.88. The lowest BCUT2D eigenvalue weighted by atomic mass is 10.0. The standard InChI is InChI=1S/C22H27N3O4/c1-5-17-19(14(3)26)13(2)23-20(17)22(28)25-12-6-7-18(25)21(27)24-15-8-10-16(29-4)11-9-15/h8-11,18,23H,5-7,12H2,1-4H3,(H,24,27). The molecule has 2 aromatic rings. The molecule has 1 aliphatic heterocycles. The Morgan fingerprint density at radius 3 is 2.52 bits per heavy atom. The maximum absolute atomic E-state index is 13.3. The molecule has 1 atom stereocenters. The first-order chi connectivity index (χ1) is 13.9. The number of carbonyl (C=O) groups excluding carboxylic acids is 3. The number of H-pyrrole nitrogens is 1. The fourth-order valence-corrected chi connectivity index (χ4v) is 4.02. The Bertz CT molecular complexity index is 930. The topological polar surface area (TPSA) is 91.5 Å². The van der Waals surface area contributed by atoms with Crippen molar-refractivity contribution in [2.75, 3.05) is 19.0 Å². The van der Waals surface area contributed by atoms with Crippen molar-refractivity contribution in [3.05, 3.63) is 46.8 Å². The SMILES string of the molecule is CCc1c(C(=O)N2CCCC2C(=O)Nc2ccc(OC)cc2)[nH]c(C)c1C(C)=O. The summed E-state index contributed by atoms with van der Waals surface area (Å²) in [5.74, 6) is 0.194. The molecule has 1 fully saturated rings. The Balaban J connectivity index is 1.81. The van der Waals surface area contributed by atoms with Crippen LogP contribution in [-0.4, -0.2) is 47.2 Å². The van der Waals surface area contributed by atoms with Gasteiger partial charge in [0, 0.05) is 23.5 Å². The molecule has 2 amide bonds. The van der Waals surface area contributed by atoms with Crippen LogP contribution in [-0.2, 0) is 11.2 Å². The van der Waals surface area contributed by atoms with Crippen molar-refractivity contribution in [1.82, 2.24) is 9.88 Å². The van der Waals surface area contributed by atoms with Crippen molar-refractivity contribution >= 4 is 23.3 Å². The van der Waals surface area contributed by atoms with E-state index in [1.54, 1.807) is 43.2 Å². The number of hydrogen-bond acceptors (Lipinski definition) is 4. The van der Waals surface area contributed by atoms with Crippen LogP contribution < -0.4 is 10.1 Å². The summed E-state index contributed by atoms with van der Waals surface area (Å²) in [7, 11) is 1.58. The van der Waals surface area contributed by atoms with E-state index in [1.165, 1.54) is 6.92 Å². The average Bonchev–Trinajstić information content (AvgIpc) is 3.32. The smallest absolute Gasteiger partial charge is 0.271 e. The molecular formula is C22H27N3O4. The fourth-order valence-electron chi connectivity index (χ4n) is 4.02. The number of hydrogen-bond donors (Lipinski definition) is 2. The van der Waals surface area contributed by atoms with Crippen LogP contribution >= 0.6 is 0 Å². The van der Waals surface area contributed by atoms with Crippen molar-refractivity contribution in [2.24, 2.45) is 0 Å². The Labute approximate surface area is 170 Å². The average molecular weight is 397 g/mol. The van der Waals surface area contributed by atoms with Crippen LogP contribution in [0.1, 0.15) is 58.8 Å². The van der Waals surface area contributed by atoms with Gasteiger partial charge >= 0.3 is 0 Å². The molecule has 1 aromatic carbocycles. The normalized spacial score (nSPS) is 16.0. The minimum Gasteiger partial charge on any atom is -0.497 e. The van der Waals surface area contributed by atoms with Gasteiger partial charge in [0.05, 0.1) is 7.11 Å². The largest absolute Gasteiger partial charge is 0.497 e. The highest BCUT2D eigenvalue weighted by molar-refractivity contribution is 6.05. The number of aromatic amines is 1. The Morgan fingerprint density at radius 1 is 1.24 bits per heavy atom. The lowest BCUT2D eigenvalue weighted by Gasteiger charge is -2.24. The highest BCUT2D eigenvalue weighted by atomic mass is 16.5. The van der Waals surface area contributed by atoms with E-state index < -0.39 is 6.04 Å². The Kier molecular flexibility index (Phi) is 6.06. The Morgan fingerprint density at radius 2 is 1.93 bits per heavy atom. The zero-order chi connectivity index (χ0) is 21.1. The molecule has 2 N–H and O–H groups in total. The number of ether oxygens (including phenoxy) is 1. The molecule has 1 saturated heterocycles. The number of Topliss-reactive ketones (excluding diaryl/α,β-unsaturated/α-hetero) is 1. The van der Waals surface area contributed by atoms with Crippen LogP contribution in [0.15, 0.2) is 24.3 Å². The number of amides is 2. The second-order valence-corrected chi connectivity index (χ2v) is 7.26. The number of nitrogens with one attached hydrogen (secondary N) is 2. The maximum Gasteiger partial charge on any atom is 0.271 e. The predicted octanol–water partition coefficient (Wildman–Crippen LogP) is 3.34. The number of methoxy groups -OCH3 is 1. The van der Waals surface area contributed by atoms with Gasteiger partial charge in [0.1, 0.15) is 17.5 Å². The third-order valence-electron chi connectivity index (χ3n) is 5.38. The molecule has 3 rings (SSSR count). The molecule has 7 heteroatoms. The Hall–Kier alpha value is -3.09. The number of ketones is 1. The number of benzene rings is 1. The van der Waals surface area contributed by atoms with Crippen LogP contribution in [0.2, 0.25) is 0 Å². The molecule has 0 aliphatic carbocycles. The summed E-state index contributed by atoms with van der Waals surface area (Å²) < 4.78 is 5.13. The number of likely N-dealkylation sites (tertiary alicyclic amines) is 1. The number of rotatable bonds is 6. The summed E-state index contributed by atoms with van der Waals surface area (Å²) in [6.07, 6.45) is 1.93. The second kappa shape index (κ2) is 8.51. The van der Waals surface area contributed by atoms with E-state index in [-0.39, 0.29) is 17.6 Å². The second-order valence-electron chi connectivity index (χ2n) is 7.26. The molecule has 0 bridgehead atoms. The zero-order valence-corrected chi connectivity index (χ0v) is 17.3. The third kappa shape index (κ3) is 4.04. The molecule has 7 nitrogen and oxygen atoms in total. The van der Waals surface area contributed by atoms with Gasteiger partial charge in [0.2, 0.25) is 5.91 Å². The monoisotopic (exact) mass is 397 g/mol. The fraction of sp³-hybridized carbons (Fsp3) is 0.409. The molecular weight excluding hydrogens is 370 g/mol. The van der Waals surface area contributed by atoms with Gasteiger partial charge in [-0.15, -0.1) is 0 Å². The number of carbonyl (C=O) groups is 3. The highest BCUT2D eigenvalue weighted by Gasteiger charge is 2.36. The number of aryl methyl sites for hydroxylation is 1. The number of aromatic nitrogens is 1. The van der Waals surface area contributed by atoms with E-state index in [9.17, 15) is 14.4 Å². The summed E-state index contributed by atoms with van der Waals surface area (Å²) in [5.41, 5.74) is 3.06. The van der Waals surface area contributed by atoms with Crippen LogP contribution in [0.3, 0.4) is 0 Å². The molecule has 29 heavy (non-hydrogen) atoms. The van der Waals surface area contributed by atoms with E-state index in [2.05, 4.69) is 10.3 Å². The predicted molar refractivity (Wildman–Crippen MR) is 111 cm³/mol. The first kappa shape index (κ1) is 20.6. The molecule has 0 radical (unpaired) electrons. The van der Waals surface area contributed by atoms with Crippen molar-refractivity contribution in [2.45, 2.75) is 46.1 Å². The molecule has 0 saturated carbocycles. The third-order valence-corrected chi connectivity index (χ3v) is 5.38. The van der Waals surface area contributed by atoms with Crippen LogP contribution in [0.4, 0.5) is 5.69 Å². The lowest BCUT2D eigenvalue weighted by Crippen LogP contribution is -2.43. The van der Waals surface area contributed by atoms with Crippen LogP contribution in [0.5, 0.6) is 5.75 Å². The minimum atomic E-state index is -0.543. The van der Waals surface area contributed by atoms with Crippen LogP contribution in [0.25, 0.3) is 0 Å². The van der Waals surface area contributed by atoms with Crippen molar-refractivity contribution < 1.29 is 19.1 Å². The molecule has 0 spiro atoms. The minimum absolute atomic E-state index is 0.0649. The van der Waals surface area contributed by atoms with Gasteiger partial charge in [-0.2, -0.15) is 0 Å². The number of nitrogens with zero attached hydrogens (tertiary/aromatic N) is 1. The maximum atomic E-state index is 13.3. The molecule has 1 aromatic heterocycles. The van der Waals surface area contributed by atoms with E-state index in [0.29, 0.717) is 47.8 Å². The van der Waals surface area contributed by atoms with Gasteiger partial charge in [-0.1, -0.05) is 6.92 Å². The zero-order valence-electron chi connectivity index (χ0n) is 17.3. The van der Waals surface area contributed by atoms with Gasteiger partial charge in [-0.3, -0.25) is 14.4 Å². The van der Waals surface area contributed by atoms with Crippen LogP contribution in [0, 0.1) is 6.92 Å². The van der Waals surface area contributed by atoms with Gasteiger partial charge < -0.3 is 19.9 Å². The summed E-state index contributed by atoms with van der Waals surface area (Å²) in [4.78, 5) is 42.8. The molecule has 2 heterocycles. The molecule has 1 unspecified atom stereocenters. The van der Waals surface area contributed by atoms with Crippen molar-refractivity contribution in [3.63, 3.8) is 0 Å². The first-order valence-corrected chi connectivity index (χ1v) is 9.85. The van der Waals surface area contributed by atoms with Gasteiger partial charge in [-0.05, 0) is 62.9 Å². The van der Waals surface area contributed by atoms with E-state index in [4.69, 9.17) is 4.74 Å². The van der Waals surface area contributed by atoms with Crippen molar-refractivity contribution in [1.29, 1.82) is 0 Å². The van der Waals surface area contributed by atoms with Crippen molar-refractivity contribution in [3.8, 4) is 5.75 Å². The van der Waals surface area contributed by atoms with E-state index in [1.807, 2.05) is 6.92 Å². The highest BCUT2D eigenvalue weighted by Crippen LogP contribution is 2.26. The van der Waals surface area contributed by atoms with E-state index >= 15 is 0 Å². The van der Waals surface area contributed by atoms with Gasteiger partial charge in [0.15, 0.2) is 5.78 Å². The van der Waals surface area contributed by atoms with E-state index in [0.717, 1.165) is 12.0 Å². The summed E-state index contributed by atoms with van der Waals surface area (Å²) in [6, 6.07) is 6.52. The molecule has 1 aliphatic rings. The number of anilines is 1. The summed E-state index contributed by atoms with van der Waals surface area (Å²) in [6.45, 7) is 5.73. The van der Waals surface area contributed by atoms with Gasteiger partial charge in [-0.25, -0.2) is 0 Å².